The van der Waals surface area contributed by atoms with Gasteiger partial charge in [-0.1, -0.05) is 67.1 Å². The van der Waals surface area contributed by atoms with Crippen LogP contribution in [0.3, 0.4) is 0 Å². The molecule has 6 rings (SSSR count). The maximum Gasteiger partial charge on any atom is 0.308 e. The van der Waals surface area contributed by atoms with Gasteiger partial charge in [-0.2, -0.15) is 0 Å². The van der Waals surface area contributed by atoms with Crippen LogP contribution in [0, 0.1) is 5.92 Å². The number of methoxy groups -OCH3 is 1. The molecule has 1 saturated heterocycles. The number of nitrogens with one attached hydrogen (secondary N) is 1. The average Bonchev–Trinajstić information content (AvgIpc) is 3.40. The van der Waals surface area contributed by atoms with Crippen LogP contribution in [0.25, 0.3) is 0 Å². The van der Waals surface area contributed by atoms with Crippen LogP contribution in [-0.2, 0) is 20.9 Å². The van der Waals surface area contributed by atoms with Crippen molar-refractivity contribution in [3.63, 3.8) is 0 Å². The first-order valence-corrected chi connectivity index (χ1v) is 15.8. The Labute approximate surface area is 260 Å². The fourth-order valence-corrected chi connectivity index (χ4v) is 8.63. The monoisotopic (exact) mass is 713 g/mol. The van der Waals surface area contributed by atoms with E-state index in [9.17, 15) is 19.2 Å². The summed E-state index contributed by atoms with van der Waals surface area (Å²) >= 11 is 9.13. The lowest BCUT2D eigenvalue weighted by molar-refractivity contribution is -0.122. The number of thiazole rings is 1. The first kappa shape index (κ1) is 28.0. The van der Waals surface area contributed by atoms with Gasteiger partial charge in [-0.3, -0.25) is 23.7 Å². The summed E-state index contributed by atoms with van der Waals surface area (Å²) in [5, 5.41) is 2.59. The van der Waals surface area contributed by atoms with Crippen molar-refractivity contribution < 1.29 is 19.1 Å². The Hall–Kier alpha value is -3.19. The summed E-state index contributed by atoms with van der Waals surface area (Å²) in [6.07, 6.45) is 0. The summed E-state index contributed by atoms with van der Waals surface area (Å²) in [6, 6.07) is 21.5. The predicted octanol–water partition coefficient (Wildman–Crippen LogP) is 5.88. The summed E-state index contributed by atoms with van der Waals surface area (Å²) in [4.78, 5) is 55.7. The summed E-state index contributed by atoms with van der Waals surface area (Å²) in [5.41, 5.74) is 1.87. The summed E-state index contributed by atoms with van der Waals surface area (Å²) in [7, 11) is 1.56. The number of carbonyl (C=O) groups is 3. The van der Waals surface area contributed by atoms with E-state index in [-0.39, 0.29) is 29.1 Å². The van der Waals surface area contributed by atoms with E-state index in [1.54, 1.807) is 55.6 Å². The first-order valence-electron chi connectivity index (χ1n) is 12.5. The molecular formula is C29H21Br2N3O5S2. The number of fused-ring (bicyclic) bond motifs is 2. The lowest BCUT2D eigenvalue weighted by Gasteiger charge is -2.30. The highest BCUT2D eigenvalue weighted by molar-refractivity contribution is 9.10. The van der Waals surface area contributed by atoms with Crippen LogP contribution in [0.5, 0.6) is 5.75 Å². The van der Waals surface area contributed by atoms with E-state index < -0.39 is 17.1 Å². The van der Waals surface area contributed by atoms with Gasteiger partial charge >= 0.3 is 4.87 Å². The number of hydrogen-bond donors (Lipinski definition) is 1. The van der Waals surface area contributed by atoms with Crippen LogP contribution < -0.4 is 19.8 Å². The first-order chi connectivity index (χ1) is 19.7. The van der Waals surface area contributed by atoms with Gasteiger partial charge in [-0.05, 0) is 66.2 Å². The molecule has 4 aromatic rings. The zero-order chi connectivity index (χ0) is 28.8. The number of anilines is 2. The molecule has 2 unspecified atom stereocenters. The highest BCUT2D eigenvalue weighted by Crippen LogP contribution is 2.54. The smallest absolute Gasteiger partial charge is 0.308 e. The Morgan fingerprint density at radius 3 is 2.37 bits per heavy atom. The van der Waals surface area contributed by atoms with Crippen LogP contribution in [0.15, 0.2) is 91.6 Å². The number of halogens is 2. The van der Waals surface area contributed by atoms with E-state index in [2.05, 4.69) is 37.2 Å². The molecule has 0 bridgehead atoms. The van der Waals surface area contributed by atoms with Crippen molar-refractivity contribution in [1.29, 1.82) is 0 Å². The van der Waals surface area contributed by atoms with Crippen molar-refractivity contribution in [1.82, 2.24) is 4.57 Å². The van der Waals surface area contributed by atoms with Gasteiger partial charge < -0.3 is 10.1 Å². The van der Waals surface area contributed by atoms with Crippen LogP contribution in [-0.4, -0.2) is 34.6 Å². The standard InChI is InChI=1S/C29H21Br2N3O5S2/c1-39-20-11-7-18(8-12-20)32-21(35)14-33-28-25(41-29(33)38)22(15-3-2-4-17(31)13-15)23-24(40-28)27(37)34(26(23)36)19-9-5-16(30)6-10-19/h2-13,22-24H,14H2,1H3,(H,32,35)/t22-,23?,24?/m1/s1. The van der Waals surface area contributed by atoms with Crippen LogP contribution in [0.4, 0.5) is 11.4 Å². The number of ether oxygens (including phenoxy) is 1. The third kappa shape index (κ3) is 5.18. The van der Waals surface area contributed by atoms with Crippen LogP contribution in [0.2, 0.25) is 0 Å². The molecule has 3 atom stereocenters. The minimum Gasteiger partial charge on any atom is -0.497 e. The predicted molar refractivity (Wildman–Crippen MR) is 166 cm³/mol. The zero-order valence-electron chi connectivity index (χ0n) is 21.4. The number of hydrogen-bond acceptors (Lipinski definition) is 7. The molecule has 3 heterocycles. The number of thioether (sulfide) groups is 1. The van der Waals surface area contributed by atoms with Gasteiger partial charge in [-0.25, -0.2) is 4.90 Å². The van der Waals surface area contributed by atoms with E-state index in [1.807, 2.05) is 24.3 Å². The lowest BCUT2D eigenvalue weighted by atomic mass is 9.83. The molecule has 0 aliphatic carbocycles. The Balaban J connectivity index is 1.39. The Bertz CT molecular complexity index is 1740. The lowest BCUT2D eigenvalue weighted by Crippen LogP contribution is -2.33. The molecule has 1 aromatic heterocycles. The second-order valence-electron chi connectivity index (χ2n) is 9.49. The Morgan fingerprint density at radius 2 is 1.68 bits per heavy atom. The van der Waals surface area contributed by atoms with E-state index >= 15 is 0 Å². The second-order valence-corrected chi connectivity index (χ2v) is 13.4. The van der Waals surface area contributed by atoms with Gasteiger partial charge in [0.05, 0.1) is 23.7 Å². The van der Waals surface area contributed by atoms with Crippen molar-refractivity contribution in [2.24, 2.45) is 5.92 Å². The van der Waals surface area contributed by atoms with Gasteiger partial charge in [0.25, 0.3) is 0 Å². The number of carbonyl (C=O) groups excluding carboxylic acids is 3. The van der Waals surface area contributed by atoms with Crippen molar-refractivity contribution in [2.75, 3.05) is 17.3 Å². The molecule has 8 nitrogen and oxygen atoms in total. The summed E-state index contributed by atoms with van der Waals surface area (Å²) < 4.78 is 8.22. The van der Waals surface area contributed by atoms with Crippen molar-refractivity contribution in [2.45, 2.75) is 22.7 Å². The zero-order valence-corrected chi connectivity index (χ0v) is 26.2. The highest BCUT2D eigenvalue weighted by atomic mass is 79.9. The largest absolute Gasteiger partial charge is 0.497 e. The molecule has 0 radical (unpaired) electrons. The molecule has 2 aliphatic rings. The van der Waals surface area contributed by atoms with Gasteiger partial charge in [0.2, 0.25) is 17.7 Å². The molecule has 208 valence electrons. The number of nitrogens with zero attached hydrogens (tertiary/aromatic N) is 2. The van der Waals surface area contributed by atoms with Gasteiger partial charge in [0, 0.05) is 25.4 Å². The maximum absolute atomic E-state index is 13.9. The third-order valence-corrected chi connectivity index (χ3v) is 10.6. The highest BCUT2D eigenvalue weighted by Gasteiger charge is 2.56. The SMILES string of the molecule is COc1ccc(NC(=O)Cn2c3c(sc2=O)[C@H](c2cccc(Br)c2)C2C(=O)N(c4ccc(Br)cc4)C(=O)C2S3)cc1. The maximum atomic E-state index is 13.9. The van der Waals surface area contributed by atoms with E-state index in [0.717, 1.165) is 25.8 Å². The van der Waals surface area contributed by atoms with E-state index in [4.69, 9.17) is 4.74 Å². The molecule has 12 heteroatoms. The van der Waals surface area contributed by atoms with Gasteiger partial charge in [-0.15, -0.1) is 0 Å². The van der Waals surface area contributed by atoms with Crippen molar-refractivity contribution in [3.05, 3.63) is 102 Å². The molecule has 1 fully saturated rings. The van der Waals surface area contributed by atoms with Crippen LogP contribution >= 0.6 is 55.0 Å². The Kier molecular flexibility index (Phi) is 7.66. The van der Waals surface area contributed by atoms with Crippen molar-refractivity contribution >= 4 is 84.1 Å². The number of benzene rings is 3. The average molecular weight is 715 g/mol. The number of amides is 3. The van der Waals surface area contributed by atoms with E-state index in [1.165, 1.54) is 21.2 Å². The fraction of sp³-hybridized carbons (Fsp3) is 0.172. The molecule has 2 aliphatic heterocycles. The van der Waals surface area contributed by atoms with Crippen molar-refractivity contribution in [3.8, 4) is 5.75 Å². The number of rotatable bonds is 6. The molecule has 3 aromatic carbocycles. The number of aromatic nitrogens is 1. The summed E-state index contributed by atoms with van der Waals surface area (Å²) in [6.45, 7) is -0.231. The van der Waals surface area contributed by atoms with E-state index in [0.29, 0.717) is 27.0 Å². The molecule has 0 spiro atoms. The van der Waals surface area contributed by atoms with Crippen LogP contribution in [0.1, 0.15) is 16.4 Å². The topological polar surface area (TPSA) is 97.7 Å². The second kappa shape index (κ2) is 11.2. The van der Waals surface area contributed by atoms with Gasteiger partial charge in [0.1, 0.15) is 17.5 Å². The molecular weight excluding hydrogens is 694 g/mol. The minimum absolute atomic E-state index is 0.231. The Morgan fingerprint density at radius 1 is 0.951 bits per heavy atom. The normalized spacial score (nSPS) is 19.6. The minimum atomic E-state index is -0.757. The third-order valence-electron chi connectivity index (χ3n) is 7.02. The molecule has 41 heavy (non-hydrogen) atoms. The number of imide groups is 1. The molecule has 0 saturated carbocycles. The quantitative estimate of drug-likeness (QED) is 0.251. The fourth-order valence-electron chi connectivity index (χ4n) is 5.18. The summed E-state index contributed by atoms with van der Waals surface area (Å²) in [5.74, 6) is -1.62. The van der Waals surface area contributed by atoms with Gasteiger partial charge in [0.15, 0.2) is 0 Å². The molecule has 1 N–H and O–H groups in total. The molecule has 3 amide bonds.